The normalized spacial score (nSPS) is 15.2. The number of carbonyl (C=O) groups is 1. The van der Waals surface area contributed by atoms with Crippen molar-refractivity contribution < 1.29 is 18.0 Å². The second-order valence-electron chi connectivity index (χ2n) is 7.68. The minimum absolute atomic E-state index is 0.0194. The van der Waals surface area contributed by atoms with Gasteiger partial charge in [-0.1, -0.05) is 18.2 Å². The quantitative estimate of drug-likeness (QED) is 0.542. The Labute approximate surface area is 182 Å². The summed E-state index contributed by atoms with van der Waals surface area (Å²) in [6.45, 7) is 2.43. The first-order valence-corrected chi connectivity index (χ1v) is 10.5. The van der Waals surface area contributed by atoms with Crippen LogP contribution in [0.3, 0.4) is 0 Å². The number of para-hydroxylation sites is 1. The molecule has 0 bridgehead atoms. The molecule has 4 rings (SSSR count). The van der Waals surface area contributed by atoms with Crippen LogP contribution in [0.2, 0.25) is 0 Å². The van der Waals surface area contributed by atoms with Crippen LogP contribution >= 0.6 is 0 Å². The maximum Gasteiger partial charge on any atom is 0.453 e. The van der Waals surface area contributed by atoms with Gasteiger partial charge < -0.3 is 15.5 Å². The molecule has 1 aliphatic rings. The summed E-state index contributed by atoms with van der Waals surface area (Å²) in [6, 6.07) is 13.0. The number of halogens is 3. The summed E-state index contributed by atoms with van der Waals surface area (Å²) in [4.78, 5) is 14.3. The standard InChI is InChI=1S/C21H24F3N7O/c22-21(23,24)20-28-27-17-7-8-18(29-31(17)20)30-13-9-15(10-14-30)19(32)26-12-4-11-25-16-5-2-1-3-6-16/h1-3,5-8,15,25H,4,9-14H2,(H,26,32). The van der Waals surface area contributed by atoms with Gasteiger partial charge >= 0.3 is 6.18 Å². The summed E-state index contributed by atoms with van der Waals surface area (Å²) in [5, 5.41) is 17.1. The highest BCUT2D eigenvalue weighted by Gasteiger charge is 2.38. The number of nitrogens with zero attached hydrogens (tertiary/aromatic N) is 5. The predicted octanol–water partition coefficient (Wildman–Crippen LogP) is 2.98. The molecular weight excluding hydrogens is 423 g/mol. The van der Waals surface area contributed by atoms with E-state index in [4.69, 9.17) is 0 Å². The average molecular weight is 447 g/mol. The summed E-state index contributed by atoms with van der Waals surface area (Å²) in [7, 11) is 0. The minimum atomic E-state index is -4.63. The molecule has 2 aromatic heterocycles. The van der Waals surface area contributed by atoms with Gasteiger partial charge in [-0.15, -0.1) is 15.3 Å². The fourth-order valence-corrected chi connectivity index (χ4v) is 3.73. The fraction of sp³-hybridized carbons (Fsp3) is 0.429. The van der Waals surface area contributed by atoms with Gasteiger partial charge in [-0.05, 0) is 43.5 Å². The fourth-order valence-electron chi connectivity index (χ4n) is 3.73. The second kappa shape index (κ2) is 9.41. The molecule has 0 radical (unpaired) electrons. The molecule has 2 N–H and O–H groups in total. The Morgan fingerprint density at radius 1 is 1.03 bits per heavy atom. The van der Waals surface area contributed by atoms with Crippen molar-refractivity contribution >= 4 is 23.1 Å². The van der Waals surface area contributed by atoms with Crippen molar-refractivity contribution in [3.63, 3.8) is 0 Å². The van der Waals surface area contributed by atoms with Crippen molar-refractivity contribution in [3.05, 3.63) is 48.3 Å². The average Bonchev–Trinajstić information content (AvgIpc) is 3.23. The molecule has 1 aromatic carbocycles. The molecule has 8 nitrogen and oxygen atoms in total. The molecule has 1 saturated heterocycles. The molecule has 3 heterocycles. The molecule has 0 spiro atoms. The maximum atomic E-state index is 13.1. The maximum absolute atomic E-state index is 13.1. The molecule has 1 amide bonds. The molecule has 0 saturated carbocycles. The van der Waals surface area contributed by atoms with E-state index in [1.54, 1.807) is 6.07 Å². The predicted molar refractivity (Wildman–Crippen MR) is 113 cm³/mol. The van der Waals surface area contributed by atoms with Crippen LogP contribution in [-0.2, 0) is 11.0 Å². The van der Waals surface area contributed by atoms with Gasteiger partial charge in [0, 0.05) is 37.8 Å². The number of benzene rings is 1. The van der Waals surface area contributed by atoms with Gasteiger partial charge in [0.25, 0.3) is 5.82 Å². The summed E-state index contributed by atoms with van der Waals surface area (Å²) in [6.07, 6.45) is -2.60. The molecule has 32 heavy (non-hydrogen) atoms. The lowest BCUT2D eigenvalue weighted by Crippen LogP contribution is -2.41. The van der Waals surface area contributed by atoms with E-state index in [-0.39, 0.29) is 17.5 Å². The van der Waals surface area contributed by atoms with Crippen molar-refractivity contribution in [3.8, 4) is 0 Å². The highest BCUT2D eigenvalue weighted by atomic mass is 19.4. The first kappa shape index (κ1) is 21.8. The number of hydrogen-bond donors (Lipinski definition) is 2. The highest BCUT2D eigenvalue weighted by molar-refractivity contribution is 5.78. The van der Waals surface area contributed by atoms with Crippen molar-refractivity contribution in [2.75, 3.05) is 36.4 Å². The summed E-state index contributed by atoms with van der Waals surface area (Å²) in [5.74, 6) is -0.831. The number of rotatable bonds is 7. The topological polar surface area (TPSA) is 87.5 Å². The lowest BCUT2D eigenvalue weighted by Gasteiger charge is -2.32. The monoisotopic (exact) mass is 447 g/mol. The lowest BCUT2D eigenvalue weighted by atomic mass is 9.96. The van der Waals surface area contributed by atoms with Crippen LogP contribution in [0.15, 0.2) is 42.5 Å². The van der Waals surface area contributed by atoms with Crippen LogP contribution in [0, 0.1) is 5.92 Å². The van der Waals surface area contributed by atoms with E-state index in [0.29, 0.717) is 38.3 Å². The van der Waals surface area contributed by atoms with Crippen molar-refractivity contribution in [1.82, 2.24) is 25.1 Å². The van der Waals surface area contributed by atoms with Crippen LogP contribution in [0.5, 0.6) is 0 Å². The van der Waals surface area contributed by atoms with Crippen molar-refractivity contribution in [2.24, 2.45) is 5.92 Å². The zero-order chi connectivity index (χ0) is 22.6. The SMILES string of the molecule is O=C(NCCCNc1ccccc1)C1CCN(c2ccc3nnc(C(F)(F)F)n3n2)CC1. The number of nitrogens with one attached hydrogen (secondary N) is 2. The highest BCUT2D eigenvalue weighted by Crippen LogP contribution is 2.28. The van der Waals surface area contributed by atoms with E-state index < -0.39 is 12.0 Å². The van der Waals surface area contributed by atoms with E-state index in [2.05, 4.69) is 25.9 Å². The van der Waals surface area contributed by atoms with Crippen LogP contribution in [0.4, 0.5) is 24.7 Å². The Morgan fingerprint density at radius 2 is 1.78 bits per heavy atom. The van der Waals surface area contributed by atoms with Gasteiger partial charge in [-0.25, -0.2) is 0 Å². The van der Waals surface area contributed by atoms with Gasteiger partial charge in [-0.2, -0.15) is 17.7 Å². The Morgan fingerprint density at radius 3 is 2.50 bits per heavy atom. The third-order valence-corrected chi connectivity index (χ3v) is 5.45. The summed E-state index contributed by atoms with van der Waals surface area (Å²) < 4.78 is 39.9. The molecule has 0 unspecified atom stereocenters. The third kappa shape index (κ3) is 5.09. The van der Waals surface area contributed by atoms with E-state index in [0.717, 1.165) is 23.2 Å². The van der Waals surface area contributed by atoms with Gasteiger partial charge in [-0.3, -0.25) is 4.79 Å². The molecule has 0 aliphatic carbocycles. The zero-order valence-electron chi connectivity index (χ0n) is 17.3. The molecule has 170 valence electrons. The Bertz CT molecular complexity index is 1050. The number of hydrogen-bond acceptors (Lipinski definition) is 6. The first-order chi connectivity index (χ1) is 15.4. The van der Waals surface area contributed by atoms with Crippen LogP contribution in [-0.4, -0.2) is 51.9 Å². The Hall–Kier alpha value is -3.37. The summed E-state index contributed by atoms with van der Waals surface area (Å²) in [5.41, 5.74) is 1.09. The van der Waals surface area contributed by atoms with Crippen LogP contribution in [0.25, 0.3) is 5.65 Å². The van der Waals surface area contributed by atoms with Gasteiger partial charge in [0.2, 0.25) is 5.91 Å². The number of fused-ring (bicyclic) bond motifs is 1. The lowest BCUT2D eigenvalue weighted by molar-refractivity contribution is -0.146. The number of anilines is 2. The Kier molecular flexibility index (Phi) is 6.42. The minimum Gasteiger partial charge on any atom is -0.385 e. The van der Waals surface area contributed by atoms with Crippen molar-refractivity contribution in [1.29, 1.82) is 0 Å². The van der Waals surface area contributed by atoms with Crippen LogP contribution in [0.1, 0.15) is 25.1 Å². The third-order valence-electron chi connectivity index (χ3n) is 5.45. The Balaban J connectivity index is 1.24. The zero-order valence-corrected chi connectivity index (χ0v) is 17.3. The molecule has 1 aliphatic heterocycles. The van der Waals surface area contributed by atoms with Gasteiger partial charge in [0.15, 0.2) is 5.65 Å². The number of amides is 1. The van der Waals surface area contributed by atoms with Crippen molar-refractivity contribution in [2.45, 2.75) is 25.4 Å². The van der Waals surface area contributed by atoms with Crippen LogP contribution < -0.4 is 15.5 Å². The van der Waals surface area contributed by atoms with E-state index in [1.807, 2.05) is 35.2 Å². The molecular formula is C21H24F3N7O. The summed E-state index contributed by atoms with van der Waals surface area (Å²) >= 11 is 0. The largest absolute Gasteiger partial charge is 0.453 e. The van der Waals surface area contributed by atoms with E-state index in [9.17, 15) is 18.0 Å². The first-order valence-electron chi connectivity index (χ1n) is 10.5. The molecule has 0 atom stereocenters. The number of carbonyl (C=O) groups excluding carboxylic acids is 1. The number of alkyl halides is 3. The second-order valence-corrected chi connectivity index (χ2v) is 7.68. The number of piperidine rings is 1. The van der Waals surface area contributed by atoms with E-state index >= 15 is 0 Å². The molecule has 11 heteroatoms. The number of aromatic nitrogens is 4. The molecule has 1 fully saturated rings. The van der Waals surface area contributed by atoms with E-state index in [1.165, 1.54) is 6.07 Å². The van der Waals surface area contributed by atoms with Gasteiger partial charge in [0.05, 0.1) is 0 Å². The van der Waals surface area contributed by atoms with Gasteiger partial charge in [0.1, 0.15) is 5.82 Å². The molecule has 3 aromatic rings. The smallest absolute Gasteiger partial charge is 0.385 e.